The second-order valence-electron chi connectivity index (χ2n) is 7.06. The van der Waals surface area contributed by atoms with E-state index in [1.165, 1.54) is 4.31 Å². The van der Waals surface area contributed by atoms with Gasteiger partial charge in [0, 0.05) is 11.8 Å². The maximum absolute atomic E-state index is 12.5. The molecule has 0 unspecified atom stereocenters. The third-order valence-corrected chi connectivity index (χ3v) is 8.06. The van der Waals surface area contributed by atoms with E-state index in [4.69, 9.17) is 0 Å². The van der Waals surface area contributed by atoms with E-state index >= 15 is 0 Å². The van der Waals surface area contributed by atoms with Gasteiger partial charge in [-0.25, -0.2) is 12.7 Å². The lowest BCUT2D eigenvalue weighted by atomic mass is 9.69. The standard InChI is InChI=1S/C14H23NO3S/c1-4-5-12(16)15-11-8-10-6-7-14(11,13(10,2)3)9-19(15,17)18/h10-11H,4-9H2,1-3H3/t10-,11+,14-/m1/s1. The molecule has 3 fully saturated rings. The molecule has 3 aliphatic rings. The van der Waals surface area contributed by atoms with Crippen LogP contribution in [0.4, 0.5) is 0 Å². The lowest BCUT2D eigenvalue weighted by Gasteiger charge is -2.37. The highest BCUT2D eigenvalue weighted by atomic mass is 32.2. The van der Waals surface area contributed by atoms with Crippen LogP contribution in [0.15, 0.2) is 0 Å². The highest BCUT2D eigenvalue weighted by molar-refractivity contribution is 7.90. The van der Waals surface area contributed by atoms with Crippen LogP contribution in [0.1, 0.15) is 52.9 Å². The Labute approximate surface area is 115 Å². The molecule has 1 heterocycles. The van der Waals surface area contributed by atoms with Crippen LogP contribution in [0.3, 0.4) is 0 Å². The summed E-state index contributed by atoms with van der Waals surface area (Å²) in [6, 6.07) is -0.0645. The van der Waals surface area contributed by atoms with Gasteiger partial charge in [0.05, 0.1) is 11.8 Å². The van der Waals surface area contributed by atoms with Crippen molar-refractivity contribution in [1.29, 1.82) is 0 Å². The van der Waals surface area contributed by atoms with Crippen LogP contribution in [-0.2, 0) is 14.8 Å². The van der Waals surface area contributed by atoms with E-state index < -0.39 is 10.0 Å². The Balaban J connectivity index is 2.04. The minimum absolute atomic E-state index is 0.0476. The molecule has 3 atom stereocenters. The molecule has 0 radical (unpaired) electrons. The number of nitrogens with zero attached hydrogens (tertiary/aromatic N) is 1. The monoisotopic (exact) mass is 285 g/mol. The molecule has 1 aliphatic heterocycles. The van der Waals surface area contributed by atoms with Crippen molar-refractivity contribution in [3.8, 4) is 0 Å². The first-order valence-electron chi connectivity index (χ1n) is 7.31. The molecule has 0 aromatic heterocycles. The van der Waals surface area contributed by atoms with E-state index in [9.17, 15) is 13.2 Å². The summed E-state index contributed by atoms with van der Waals surface area (Å²) < 4.78 is 26.2. The lowest BCUT2D eigenvalue weighted by molar-refractivity contribution is -0.129. The maximum atomic E-state index is 12.5. The normalized spacial score (nSPS) is 41.5. The van der Waals surface area contributed by atoms with Gasteiger partial charge in [-0.05, 0) is 37.0 Å². The smallest absolute Gasteiger partial charge is 0.238 e. The van der Waals surface area contributed by atoms with E-state index in [-0.39, 0.29) is 28.5 Å². The first-order valence-corrected chi connectivity index (χ1v) is 8.92. The summed E-state index contributed by atoms with van der Waals surface area (Å²) >= 11 is 0. The van der Waals surface area contributed by atoms with Crippen molar-refractivity contribution < 1.29 is 13.2 Å². The Hall–Kier alpha value is -0.580. The van der Waals surface area contributed by atoms with Gasteiger partial charge in [0.1, 0.15) is 0 Å². The molecule has 4 nitrogen and oxygen atoms in total. The van der Waals surface area contributed by atoms with Gasteiger partial charge in [0.15, 0.2) is 0 Å². The summed E-state index contributed by atoms with van der Waals surface area (Å²) in [5.74, 6) is 0.571. The van der Waals surface area contributed by atoms with Crippen LogP contribution in [-0.4, -0.2) is 30.4 Å². The molecule has 108 valence electrons. The van der Waals surface area contributed by atoms with E-state index in [0.717, 1.165) is 19.3 Å². The minimum atomic E-state index is -3.40. The predicted octanol–water partition coefficient (Wildman–Crippen LogP) is 2.15. The van der Waals surface area contributed by atoms with Crippen molar-refractivity contribution in [2.75, 3.05) is 5.75 Å². The summed E-state index contributed by atoms with van der Waals surface area (Å²) in [7, 11) is -3.40. The first-order chi connectivity index (χ1) is 8.76. The largest absolute Gasteiger partial charge is 0.274 e. The molecule has 2 aliphatic carbocycles. The van der Waals surface area contributed by atoms with Crippen molar-refractivity contribution in [2.45, 2.75) is 58.9 Å². The van der Waals surface area contributed by atoms with Crippen LogP contribution in [0.2, 0.25) is 0 Å². The van der Waals surface area contributed by atoms with E-state index in [1.807, 2.05) is 6.92 Å². The molecule has 2 bridgehead atoms. The molecule has 1 spiro atoms. The summed E-state index contributed by atoms with van der Waals surface area (Å²) in [5, 5.41) is 0. The number of fused-ring (bicyclic) bond motifs is 1. The van der Waals surface area contributed by atoms with Gasteiger partial charge >= 0.3 is 0 Å². The zero-order valence-corrected chi connectivity index (χ0v) is 12.8. The van der Waals surface area contributed by atoms with Gasteiger partial charge in [0.25, 0.3) is 0 Å². The summed E-state index contributed by atoms with van der Waals surface area (Å²) in [4.78, 5) is 12.2. The van der Waals surface area contributed by atoms with E-state index in [0.29, 0.717) is 18.8 Å². The van der Waals surface area contributed by atoms with E-state index in [2.05, 4.69) is 13.8 Å². The van der Waals surface area contributed by atoms with Crippen LogP contribution < -0.4 is 0 Å². The SMILES string of the molecule is CCCC(=O)N1[C@H]2C[C@H]3CC[C@]2(CS1(=O)=O)C3(C)C. The molecular formula is C14H23NO3S. The zero-order chi connectivity index (χ0) is 14.1. The number of hydrogen-bond donors (Lipinski definition) is 0. The van der Waals surface area contributed by atoms with Gasteiger partial charge in [-0.2, -0.15) is 0 Å². The lowest BCUT2D eigenvalue weighted by Crippen LogP contribution is -2.44. The van der Waals surface area contributed by atoms with E-state index in [1.54, 1.807) is 0 Å². The quantitative estimate of drug-likeness (QED) is 0.781. The summed E-state index contributed by atoms with van der Waals surface area (Å²) in [6.45, 7) is 6.32. The molecule has 0 N–H and O–H groups in total. The Morgan fingerprint density at radius 1 is 1.37 bits per heavy atom. The number of amides is 1. The van der Waals surface area contributed by atoms with Crippen molar-refractivity contribution in [2.24, 2.45) is 16.7 Å². The third-order valence-electron chi connectivity index (χ3n) is 6.12. The molecule has 1 amide bonds. The Kier molecular flexibility index (Phi) is 2.64. The van der Waals surface area contributed by atoms with Crippen LogP contribution in [0.5, 0.6) is 0 Å². The fourth-order valence-corrected chi connectivity index (χ4v) is 7.52. The molecule has 19 heavy (non-hydrogen) atoms. The van der Waals surface area contributed by atoms with Gasteiger partial charge in [-0.1, -0.05) is 20.8 Å². The number of hydrogen-bond acceptors (Lipinski definition) is 3. The van der Waals surface area contributed by atoms with Crippen LogP contribution >= 0.6 is 0 Å². The zero-order valence-electron chi connectivity index (χ0n) is 12.0. The predicted molar refractivity (Wildman–Crippen MR) is 72.9 cm³/mol. The van der Waals surface area contributed by atoms with Gasteiger partial charge in [-0.15, -0.1) is 0 Å². The number of carbonyl (C=O) groups is 1. The number of sulfonamides is 1. The number of carbonyl (C=O) groups excluding carboxylic acids is 1. The second kappa shape index (κ2) is 3.74. The molecular weight excluding hydrogens is 262 g/mol. The Bertz CT molecular complexity index is 525. The maximum Gasteiger partial charge on any atom is 0.238 e. The average Bonchev–Trinajstić information content (AvgIpc) is 2.75. The Morgan fingerprint density at radius 2 is 2.05 bits per heavy atom. The van der Waals surface area contributed by atoms with Crippen molar-refractivity contribution >= 4 is 15.9 Å². The fourth-order valence-electron chi connectivity index (χ4n) is 4.94. The molecule has 1 saturated heterocycles. The van der Waals surface area contributed by atoms with Gasteiger partial charge in [-0.3, -0.25) is 4.79 Å². The second-order valence-corrected chi connectivity index (χ2v) is 8.91. The van der Waals surface area contributed by atoms with Crippen LogP contribution in [0, 0.1) is 16.7 Å². The van der Waals surface area contributed by atoms with Gasteiger partial charge in [0.2, 0.25) is 15.9 Å². The third kappa shape index (κ3) is 1.45. The van der Waals surface area contributed by atoms with Crippen LogP contribution in [0.25, 0.3) is 0 Å². The summed E-state index contributed by atoms with van der Waals surface area (Å²) in [6.07, 6.45) is 4.01. The van der Waals surface area contributed by atoms with Crippen molar-refractivity contribution in [1.82, 2.24) is 4.31 Å². The molecule has 2 saturated carbocycles. The molecule has 3 rings (SSSR count). The van der Waals surface area contributed by atoms with Gasteiger partial charge < -0.3 is 0 Å². The molecule has 0 aromatic carbocycles. The Morgan fingerprint density at radius 3 is 2.63 bits per heavy atom. The highest BCUT2D eigenvalue weighted by Crippen LogP contribution is 2.69. The molecule has 0 aromatic rings. The molecule has 5 heteroatoms. The first kappa shape index (κ1) is 13.4. The highest BCUT2D eigenvalue weighted by Gasteiger charge is 2.72. The average molecular weight is 285 g/mol. The fraction of sp³-hybridized carbons (Fsp3) is 0.929. The number of rotatable bonds is 2. The van der Waals surface area contributed by atoms with Crippen molar-refractivity contribution in [3.63, 3.8) is 0 Å². The topological polar surface area (TPSA) is 54.5 Å². The summed E-state index contributed by atoms with van der Waals surface area (Å²) in [5.41, 5.74) is -0.133. The van der Waals surface area contributed by atoms with Crippen molar-refractivity contribution in [3.05, 3.63) is 0 Å². The minimum Gasteiger partial charge on any atom is -0.274 e.